The molecular weight excluding hydrogens is 494 g/mol. The molecule has 39 heavy (non-hydrogen) atoms. The number of nitrogens with zero attached hydrogens (tertiary/aromatic N) is 4. The maximum atomic E-state index is 13.4. The van der Waals surface area contributed by atoms with Crippen LogP contribution in [0.1, 0.15) is 76.6 Å². The van der Waals surface area contributed by atoms with Crippen molar-refractivity contribution < 1.29 is 18.7 Å². The van der Waals surface area contributed by atoms with Crippen LogP contribution in [0, 0.1) is 11.3 Å². The zero-order chi connectivity index (χ0) is 27.4. The molecule has 1 saturated carbocycles. The second kappa shape index (κ2) is 11.8. The second-order valence-electron chi connectivity index (χ2n) is 11.2. The van der Waals surface area contributed by atoms with Crippen molar-refractivity contribution in [1.82, 2.24) is 25.4 Å². The van der Waals surface area contributed by atoms with Crippen molar-refractivity contribution in [2.45, 2.75) is 70.8 Å². The number of methoxy groups -OCH3 is 1. The molecule has 0 unspecified atom stereocenters. The molecule has 1 saturated heterocycles. The standard InChI is InChI=1S/C30H39N5O4/c1-4-21(36)11-6-5-7-13-25(31-26(37)23-19-30(23)14-16-35(2)17-15-30)29-34-33-28(39-29)22-18-20-10-8-9-12-24(20)32-27(22)38-3/h8-10,12,18,23,25H,4-7,11,13-17,19H2,1-3H3,(H,31,37)/t23-,25-/m0/s1. The summed E-state index contributed by atoms with van der Waals surface area (Å²) in [5.74, 6) is 1.52. The lowest BCUT2D eigenvalue weighted by molar-refractivity contribution is -0.124. The Hall–Kier alpha value is -3.33. The summed E-state index contributed by atoms with van der Waals surface area (Å²) in [6.45, 7) is 3.98. The van der Waals surface area contributed by atoms with Crippen molar-refractivity contribution in [2.24, 2.45) is 11.3 Å². The normalized spacial score (nSPS) is 19.2. The Morgan fingerprint density at radius 1 is 1.18 bits per heavy atom. The second-order valence-corrected chi connectivity index (χ2v) is 11.2. The first kappa shape index (κ1) is 27.2. The number of piperidine rings is 1. The van der Waals surface area contributed by atoms with Gasteiger partial charge in [0, 0.05) is 24.1 Å². The van der Waals surface area contributed by atoms with Crippen molar-refractivity contribution >= 4 is 22.6 Å². The molecule has 1 aromatic carbocycles. The van der Waals surface area contributed by atoms with E-state index in [1.54, 1.807) is 7.11 Å². The van der Waals surface area contributed by atoms with Crippen molar-refractivity contribution in [3.63, 3.8) is 0 Å². The highest BCUT2D eigenvalue weighted by Crippen LogP contribution is 2.59. The monoisotopic (exact) mass is 533 g/mol. The van der Waals surface area contributed by atoms with Gasteiger partial charge in [0.05, 0.1) is 12.6 Å². The smallest absolute Gasteiger partial charge is 0.253 e. The van der Waals surface area contributed by atoms with Crippen LogP contribution in [0.3, 0.4) is 0 Å². The zero-order valence-electron chi connectivity index (χ0n) is 23.2. The third-order valence-corrected chi connectivity index (χ3v) is 8.50. The third kappa shape index (κ3) is 6.13. The molecule has 1 amide bonds. The molecule has 1 N–H and O–H groups in total. The Bertz CT molecular complexity index is 1310. The predicted molar refractivity (Wildman–Crippen MR) is 148 cm³/mol. The Balaban J connectivity index is 1.32. The predicted octanol–water partition coefficient (Wildman–Crippen LogP) is 5.11. The molecule has 1 aliphatic heterocycles. The Morgan fingerprint density at radius 3 is 2.74 bits per heavy atom. The van der Waals surface area contributed by atoms with Crippen molar-refractivity contribution in [3.05, 3.63) is 36.2 Å². The highest BCUT2D eigenvalue weighted by molar-refractivity contribution is 5.85. The lowest BCUT2D eigenvalue weighted by atomic mass is 9.91. The van der Waals surface area contributed by atoms with Crippen LogP contribution in [-0.2, 0) is 9.59 Å². The van der Waals surface area contributed by atoms with E-state index >= 15 is 0 Å². The van der Waals surface area contributed by atoms with Gasteiger partial charge in [0.25, 0.3) is 5.89 Å². The third-order valence-electron chi connectivity index (χ3n) is 8.50. The fraction of sp³-hybridized carbons (Fsp3) is 0.567. The van der Waals surface area contributed by atoms with E-state index in [1.807, 2.05) is 37.3 Å². The number of ketones is 1. The number of amides is 1. The Kier molecular flexibility index (Phi) is 8.26. The number of rotatable bonds is 12. The topological polar surface area (TPSA) is 110 Å². The fourth-order valence-corrected chi connectivity index (χ4v) is 5.78. The Labute approximate surface area is 229 Å². The van der Waals surface area contributed by atoms with Gasteiger partial charge in [0.2, 0.25) is 17.7 Å². The van der Waals surface area contributed by atoms with Crippen LogP contribution >= 0.6 is 0 Å². The number of hydrogen-bond acceptors (Lipinski definition) is 8. The summed E-state index contributed by atoms with van der Waals surface area (Å²) < 4.78 is 11.7. The van der Waals surface area contributed by atoms with E-state index in [1.165, 1.54) is 0 Å². The number of carbonyl (C=O) groups is 2. The van der Waals surface area contributed by atoms with Gasteiger partial charge in [-0.05, 0) is 69.8 Å². The SMILES string of the molecule is CCC(=O)CCCCC[C@H](NC(=O)[C@@H]1CC12CCN(C)CC2)c1nnc(-c2cc3ccccc3nc2OC)o1. The van der Waals surface area contributed by atoms with Crippen LogP contribution in [0.5, 0.6) is 5.88 Å². The van der Waals surface area contributed by atoms with Crippen LogP contribution in [0.25, 0.3) is 22.4 Å². The molecule has 2 aliphatic rings. The fourth-order valence-electron chi connectivity index (χ4n) is 5.78. The molecule has 9 heteroatoms. The Morgan fingerprint density at radius 2 is 1.97 bits per heavy atom. The number of fused-ring (bicyclic) bond motifs is 1. The first-order chi connectivity index (χ1) is 18.9. The summed E-state index contributed by atoms with van der Waals surface area (Å²) in [6, 6.07) is 9.34. The molecule has 0 radical (unpaired) electrons. The maximum absolute atomic E-state index is 13.4. The largest absolute Gasteiger partial charge is 0.480 e. The zero-order valence-corrected chi connectivity index (χ0v) is 23.2. The molecule has 3 heterocycles. The van der Waals surface area contributed by atoms with Gasteiger partial charge in [-0.15, -0.1) is 10.2 Å². The van der Waals surface area contributed by atoms with Gasteiger partial charge < -0.3 is 19.4 Å². The quantitative estimate of drug-likeness (QED) is 0.320. The lowest BCUT2D eigenvalue weighted by Crippen LogP contribution is -2.36. The molecule has 0 bridgehead atoms. The number of unbranched alkanes of at least 4 members (excludes halogenated alkanes) is 2. The first-order valence-electron chi connectivity index (χ1n) is 14.2. The molecular formula is C30H39N5O4. The summed E-state index contributed by atoms with van der Waals surface area (Å²) in [5.41, 5.74) is 1.58. The number of likely N-dealkylation sites (tertiary alicyclic amines) is 1. The van der Waals surface area contributed by atoms with E-state index in [4.69, 9.17) is 9.15 Å². The number of pyridine rings is 1. The minimum atomic E-state index is -0.385. The summed E-state index contributed by atoms with van der Waals surface area (Å²) >= 11 is 0. The van der Waals surface area contributed by atoms with E-state index in [0.717, 1.165) is 62.5 Å². The molecule has 208 valence electrons. The number of aromatic nitrogens is 3. The highest BCUT2D eigenvalue weighted by atomic mass is 16.5. The van der Waals surface area contributed by atoms with Crippen molar-refractivity contribution in [3.8, 4) is 17.3 Å². The molecule has 2 aromatic heterocycles. The van der Waals surface area contributed by atoms with Gasteiger partial charge in [0.1, 0.15) is 17.4 Å². The number of benzene rings is 1. The molecule has 9 nitrogen and oxygen atoms in total. The van der Waals surface area contributed by atoms with Crippen molar-refractivity contribution in [2.75, 3.05) is 27.2 Å². The number of nitrogens with one attached hydrogen (secondary N) is 1. The van der Waals surface area contributed by atoms with Gasteiger partial charge >= 0.3 is 0 Å². The van der Waals surface area contributed by atoms with Gasteiger partial charge in [-0.2, -0.15) is 0 Å². The molecule has 1 aliphatic carbocycles. The van der Waals surface area contributed by atoms with E-state index in [9.17, 15) is 9.59 Å². The van der Waals surface area contributed by atoms with Crippen LogP contribution in [0.4, 0.5) is 0 Å². The highest BCUT2D eigenvalue weighted by Gasteiger charge is 2.58. The molecule has 2 atom stereocenters. The van der Waals surface area contributed by atoms with Gasteiger partial charge in [-0.3, -0.25) is 9.59 Å². The molecule has 3 aromatic rings. The minimum absolute atomic E-state index is 0.0445. The van der Waals surface area contributed by atoms with Crippen LogP contribution in [0.15, 0.2) is 34.7 Å². The van der Waals surface area contributed by atoms with Gasteiger partial charge in [-0.25, -0.2) is 4.98 Å². The first-order valence-corrected chi connectivity index (χ1v) is 14.2. The van der Waals surface area contributed by atoms with E-state index in [2.05, 4.69) is 32.4 Å². The average molecular weight is 534 g/mol. The van der Waals surface area contributed by atoms with Crippen LogP contribution in [-0.4, -0.2) is 59.0 Å². The number of ether oxygens (including phenoxy) is 1. The molecule has 5 rings (SSSR count). The summed E-state index contributed by atoms with van der Waals surface area (Å²) in [5, 5.41) is 12.9. The van der Waals surface area contributed by atoms with E-state index in [-0.39, 0.29) is 29.1 Å². The van der Waals surface area contributed by atoms with Crippen LogP contribution < -0.4 is 10.1 Å². The average Bonchev–Trinajstić information content (AvgIpc) is 3.44. The van der Waals surface area contributed by atoms with Crippen LogP contribution in [0.2, 0.25) is 0 Å². The maximum Gasteiger partial charge on any atom is 0.253 e. The van der Waals surface area contributed by atoms with Crippen molar-refractivity contribution in [1.29, 1.82) is 0 Å². The minimum Gasteiger partial charge on any atom is -0.480 e. The summed E-state index contributed by atoms with van der Waals surface area (Å²) in [6.07, 6.45) is 7.54. The lowest BCUT2D eigenvalue weighted by Gasteiger charge is -2.30. The molecule has 1 spiro atoms. The van der Waals surface area contributed by atoms with Gasteiger partial charge in [0.15, 0.2) is 0 Å². The number of Topliss-reactive ketones (excluding diaryl/α,β-unsaturated/α-hetero) is 1. The number of para-hydroxylation sites is 1. The van der Waals surface area contributed by atoms with Gasteiger partial charge in [-0.1, -0.05) is 38.0 Å². The molecule has 2 fully saturated rings. The summed E-state index contributed by atoms with van der Waals surface area (Å²) in [7, 11) is 3.71. The summed E-state index contributed by atoms with van der Waals surface area (Å²) in [4.78, 5) is 32.0. The van der Waals surface area contributed by atoms with E-state index in [0.29, 0.717) is 42.5 Å². The van der Waals surface area contributed by atoms with E-state index < -0.39 is 0 Å². The number of carbonyl (C=O) groups excluding carboxylic acids is 2. The number of hydrogen-bond donors (Lipinski definition) is 1.